The highest BCUT2D eigenvalue weighted by molar-refractivity contribution is 7.19. The second-order valence-electron chi connectivity index (χ2n) is 6.01. The standard InChI is InChI=1S/C19H16N4OS2/c1-2-16(15-8-7-12-5-3-4-6-14(12)15)20-18(24)21-19-23-22-17(26-19)13-9-10-25-11-13/h1,3-6,9-11,15-16H,7-8H2,(H2,20,21,23,24). The number of carbonyl (C=O) groups is 1. The molecule has 0 saturated carbocycles. The topological polar surface area (TPSA) is 66.9 Å². The Bertz CT molecular complexity index is 958. The van der Waals surface area contributed by atoms with E-state index in [4.69, 9.17) is 6.42 Å². The Kier molecular flexibility index (Phi) is 4.69. The lowest BCUT2D eigenvalue weighted by Crippen LogP contribution is -2.40. The number of aryl methyl sites for hydroxylation is 1. The maximum Gasteiger partial charge on any atom is 0.322 e. The van der Waals surface area contributed by atoms with Gasteiger partial charge in [0.25, 0.3) is 0 Å². The molecule has 2 atom stereocenters. The minimum atomic E-state index is -0.358. The molecular formula is C19H16N4OS2. The lowest BCUT2D eigenvalue weighted by atomic mass is 9.94. The van der Waals surface area contributed by atoms with Crippen LogP contribution in [0.4, 0.5) is 9.93 Å². The van der Waals surface area contributed by atoms with E-state index >= 15 is 0 Å². The number of hydrogen-bond donors (Lipinski definition) is 2. The highest BCUT2D eigenvalue weighted by atomic mass is 32.1. The van der Waals surface area contributed by atoms with Gasteiger partial charge in [-0.15, -0.1) is 16.6 Å². The molecule has 5 nitrogen and oxygen atoms in total. The van der Waals surface area contributed by atoms with Crippen molar-refractivity contribution in [1.82, 2.24) is 15.5 Å². The number of rotatable bonds is 4. The van der Waals surface area contributed by atoms with Crippen molar-refractivity contribution in [2.45, 2.75) is 24.8 Å². The molecule has 2 heterocycles. The van der Waals surface area contributed by atoms with Crippen LogP contribution >= 0.6 is 22.7 Å². The summed E-state index contributed by atoms with van der Waals surface area (Å²) in [5, 5.41) is 19.0. The number of carbonyl (C=O) groups excluding carboxylic acids is 1. The van der Waals surface area contributed by atoms with Crippen LogP contribution in [-0.4, -0.2) is 22.3 Å². The number of aromatic nitrogens is 2. The predicted molar refractivity (Wildman–Crippen MR) is 106 cm³/mol. The van der Waals surface area contributed by atoms with Gasteiger partial charge in [-0.25, -0.2) is 4.79 Å². The molecule has 0 radical (unpaired) electrons. The highest BCUT2D eigenvalue weighted by Crippen LogP contribution is 2.35. The molecule has 0 aliphatic heterocycles. The number of nitrogens with zero attached hydrogens (tertiary/aromatic N) is 2. The van der Waals surface area contributed by atoms with Gasteiger partial charge in [0.15, 0.2) is 0 Å². The van der Waals surface area contributed by atoms with Gasteiger partial charge in [0.2, 0.25) is 5.13 Å². The molecule has 7 heteroatoms. The average molecular weight is 380 g/mol. The van der Waals surface area contributed by atoms with Crippen LogP contribution < -0.4 is 10.6 Å². The maximum absolute atomic E-state index is 12.4. The SMILES string of the molecule is C#CC(NC(=O)Nc1nnc(-c2ccsc2)s1)C1CCc2ccccc21. The van der Waals surface area contributed by atoms with Crippen LogP contribution in [0.15, 0.2) is 41.1 Å². The Balaban J connectivity index is 1.42. The van der Waals surface area contributed by atoms with E-state index in [1.54, 1.807) is 11.3 Å². The molecule has 0 bridgehead atoms. The zero-order valence-electron chi connectivity index (χ0n) is 13.8. The van der Waals surface area contributed by atoms with E-state index in [9.17, 15) is 4.79 Å². The van der Waals surface area contributed by atoms with Crippen molar-refractivity contribution < 1.29 is 4.79 Å². The largest absolute Gasteiger partial charge is 0.324 e. The molecule has 0 fully saturated rings. The number of nitrogens with one attached hydrogen (secondary N) is 2. The van der Waals surface area contributed by atoms with E-state index in [0.717, 1.165) is 23.4 Å². The molecule has 2 N–H and O–H groups in total. The molecule has 2 aromatic heterocycles. The van der Waals surface area contributed by atoms with Gasteiger partial charge in [0.1, 0.15) is 5.01 Å². The van der Waals surface area contributed by atoms with E-state index in [2.05, 4.69) is 38.9 Å². The Labute approximate surface area is 159 Å². The van der Waals surface area contributed by atoms with E-state index in [0.29, 0.717) is 5.13 Å². The number of amides is 2. The minimum absolute atomic E-state index is 0.137. The summed E-state index contributed by atoms with van der Waals surface area (Å²) < 4.78 is 0. The summed E-state index contributed by atoms with van der Waals surface area (Å²) in [4.78, 5) is 12.4. The summed E-state index contributed by atoms with van der Waals surface area (Å²) in [7, 11) is 0. The fraction of sp³-hybridized carbons (Fsp3) is 0.211. The van der Waals surface area contributed by atoms with Gasteiger partial charge in [-0.3, -0.25) is 5.32 Å². The van der Waals surface area contributed by atoms with E-state index < -0.39 is 0 Å². The molecule has 4 rings (SSSR count). The van der Waals surface area contributed by atoms with Gasteiger partial charge in [-0.05, 0) is 35.4 Å². The van der Waals surface area contributed by atoms with Crippen LogP contribution in [-0.2, 0) is 6.42 Å². The molecule has 26 heavy (non-hydrogen) atoms. The number of hydrogen-bond acceptors (Lipinski definition) is 5. The van der Waals surface area contributed by atoms with Gasteiger partial charge in [0.05, 0.1) is 6.04 Å². The Hall–Kier alpha value is -2.69. The van der Waals surface area contributed by atoms with E-state index in [1.807, 2.05) is 29.0 Å². The number of thiophene rings is 1. The minimum Gasteiger partial charge on any atom is -0.324 e. The molecule has 1 aliphatic carbocycles. The Morgan fingerprint density at radius 2 is 2.19 bits per heavy atom. The molecular weight excluding hydrogens is 364 g/mol. The van der Waals surface area contributed by atoms with Crippen molar-refractivity contribution in [3.05, 3.63) is 52.2 Å². The van der Waals surface area contributed by atoms with Crippen molar-refractivity contribution in [1.29, 1.82) is 0 Å². The number of terminal acetylenes is 1. The second kappa shape index (κ2) is 7.28. The van der Waals surface area contributed by atoms with E-state index in [-0.39, 0.29) is 18.0 Å². The van der Waals surface area contributed by atoms with Crippen LogP contribution in [0.5, 0.6) is 0 Å². The quantitative estimate of drug-likeness (QED) is 0.669. The fourth-order valence-electron chi connectivity index (χ4n) is 3.25. The van der Waals surface area contributed by atoms with Crippen molar-refractivity contribution >= 4 is 33.8 Å². The highest BCUT2D eigenvalue weighted by Gasteiger charge is 2.29. The fourth-order valence-corrected chi connectivity index (χ4v) is 4.70. The number of benzene rings is 1. The van der Waals surface area contributed by atoms with Gasteiger partial charge >= 0.3 is 6.03 Å². The normalized spacial score (nSPS) is 16.5. The summed E-state index contributed by atoms with van der Waals surface area (Å²) in [5.41, 5.74) is 3.54. The number of anilines is 1. The zero-order chi connectivity index (χ0) is 17.9. The molecule has 0 spiro atoms. The van der Waals surface area contributed by atoms with Crippen LogP contribution in [0.25, 0.3) is 10.6 Å². The van der Waals surface area contributed by atoms with Gasteiger partial charge in [-0.1, -0.05) is 41.5 Å². The van der Waals surface area contributed by atoms with E-state index in [1.165, 1.54) is 22.5 Å². The first kappa shape index (κ1) is 16.8. The lowest BCUT2D eigenvalue weighted by Gasteiger charge is -2.20. The molecule has 0 saturated heterocycles. The molecule has 1 aromatic carbocycles. The Morgan fingerprint density at radius 1 is 1.31 bits per heavy atom. The average Bonchev–Trinajstić information content (AvgIpc) is 3.39. The zero-order valence-corrected chi connectivity index (χ0v) is 15.4. The summed E-state index contributed by atoms with van der Waals surface area (Å²) in [6, 6.07) is 9.52. The van der Waals surface area contributed by atoms with Crippen molar-refractivity contribution in [3.63, 3.8) is 0 Å². The monoisotopic (exact) mass is 380 g/mol. The number of fused-ring (bicyclic) bond motifs is 1. The molecule has 2 unspecified atom stereocenters. The first-order valence-electron chi connectivity index (χ1n) is 8.22. The Morgan fingerprint density at radius 3 is 3.00 bits per heavy atom. The van der Waals surface area contributed by atoms with Crippen molar-refractivity contribution in [2.75, 3.05) is 5.32 Å². The third-order valence-corrected chi connectivity index (χ3v) is 6.03. The van der Waals surface area contributed by atoms with Gasteiger partial charge in [-0.2, -0.15) is 11.3 Å². The summed E-state index contributed by atoms with van der Waals surface area (Å²) >= 11 is 2.93. The molecule has 130 valence electrons. The van der Waals surface area contributed by atoms with Gasteiger partial charge < -0.3 is 5.32 Å². The molecule has 3 aromatic rings. The van der Waals surface area contributed by atoms with Crippen LogP contribution in [0.1, 0.15) is 23.5 Å². The third kappa shape index (κ3) is 3.34. The number of urea groups is 1. The van der Waals surface area contributed by atoms with Crippen LogP contribution in [0, 0.1) is 12.3 Å². The summed E-state index contributed by atoms with van der Waals surface area (Å²) in [5.74, 6) is 2.86. The molecule has 1 aliphatic rings. The van der Waals surface area contributed by atoms with Crippen molar-refractivity contribution in [2.24, 2.45) is 0 Å². The molecule has 2 amide bonds. The first-order chi connectivity index (χ1) is 12.7. The van der Waals surface area contributed by atoms with Crippen LogP contribution in [0.2, 0.25) is 0 Å². The summed E-state index contributed by atoms with van der Waals surface area (Å²) in [6.45, 7) is 0. The lowest BCUT2D eigenvalue weighted by molar-refractivity contribution is 0.249. The summed E-state index contributed by atoms with van der Waals surface area (Å²) in [6.07, 6.45) is 7.63. The maximum atomic E-state index is 12.4. The second-order valence-corrected chi connectivity index (χ2v) is 7.77. The van der Waals surface area contributed by atoms with Gasteiger partial charge in [0, 0.05) is 16.9 Å². The van der Waals surface area contributed by atoms with Crippen LogP contribution in [0.3, 0.4) is 0 Å². The predicted octanol–water partition coefficient (Wildman–Crippen LogP) is 4.12. The smallest absolute Gasteiger partial charge is 0.322 e. The first-order valence-corrected chi connectivity index (χ1v) is 9.98. The van der Waals surface area contributed by atoms with Crippen molar-refractivity contribution in [3.8, 4) is 22.9 Å². The third-order valence-electron chi connectivity index (χ3n) is 4.46.